The number of alkyl carbamates (subject to hydrolysis) is 1. The molecule has 4 N–H and O–H groups in total. The lowest BCUT2D eigenvalue weighted by Gasteiger charge is -2.29. The summed E-state index contributed by atoms with van der Waals surface area (Å²) in [5.74, 6) is -12.8. The van der Waals surface area contributed by atoms with Gasteiger partial charge in [-0.3, -0.25) is 19.2 Å². The van der Waals surface area contributed by atoms with Crippen molar-refractivity contribution < 1.29 is 47.0 Å². The van der Waals surface area contributed by atoms with Gasteiger partial charge in [0, 0.05) is 0 Å². The number of rotatable bonds is 14. The van der Waals surface area contributed by atoms with Crippen LogP contribution in [-0.2, 0) is 33.4 Å². The highest BCUT2D eigenvalue weighted by atomic mass is 19.3. The Kier molecular flexibility index (Phi) is 14.4. The number of carbonyl (C=O) groups is 6. The molecule has 0 bridgehead atoms. The Morgan fingerprint density at radius 1 is 0.732 bits per heavy atom. The molecule has 0 saturated carbocycles. The molecule has 12 nitrogen and oxygen atoms in total. The van der Waals surface area contributed by atoms with Crippen LogP contribution in [0.3, 0.4) is 0 Å². The number of hydrogen-bond acceptors (Lipinski definition) is 8. The highest BCUT2D eigenvalue weighted by Crippen LogP contribution is 2.19. The van der Waals surface area contributed by atoms with Gasteiger partial charge in [-0.25, -0.2) is 9.59 Å². The van der Waals surface area contributed by atoms with Gasteiger partial charge in [-0.05, 0) is 45.4 Å². The van der Waals surface area contributed by atoms with Crippen molar-refractivity contribution in [2.75, 3.05) is 7.11 Å². The Morgan fingerprint density at radius 2 is 1.20 bits per heavy atom. The van der Waals surface area contributed by atoms with Gasteiger partial charge in [0.05, 0.1) is 13.2 Å². The summed E-state index contributed by atoms with van der Waals surface area (Å²) < 4.78 is 39.8. The highest BCUT2D eigenvalue weighted by Gasteiger charge is 2.51. The third-order valence-electron chi connectivity index (χ3n) is 6.17. The van der Waals surface area contributed by atoms with Crippen molar-refractivity contribution in [3.8, 4) is 0 Å². The fraction of sp³-hybridized carbons (Fsp3) is 0.778. The zero-order valence-electron chi connectivity index (χ0n) is 25.8. The van der Waals surface area contributed by atoms with Crippen molar-refractivity contribution in [2.45, 2.75) is 111 Å². The van der Waals surface area contributed by atoms with Crippen LogP contribution in [0.5, 0.6) is 0 Å². The summed E-state index contributed by atoms with van der Waals surface area (Å²) in [5, 5.41) is 8.77. The van der Waals surface area contributed by atoms with Crippen LogP contribution in [0.4, 0.5) is 13.6 Å². The van der Waals surface area contributed by atoms with E-state index >= 15 is 0 Å². The molecule has 0 aliphatic heterocycles. The molecule has 0 spiro atoms. The van der Waals surface area contributed by atoms with Crippen LogP contribution in [-0.4, -0.2) is 78.4 Å². The molecule has 0 radical (unpaired) electrons. The maximum atomic E-state index is 15.0. The first kappa shape index (κ1) is 37.7. The molecular weight excluding hydrogens is 546 g/mol. The molecule has 0 heterocycles. The van der Waals surface area contributed by atoms with E-state index in [1.54, 1.807) is 48.5 Å². The SMILES string of the molecule is CC[C@H](C)[C@H](NC(=O)[C@@H](NC(=O)C(F)(F)C(=O)[C@H](C)NC(=O)[C@@H](NC(=O)OC(C)(C)C)C(C)C)C(C)C)C(=O)OC. The standard InChI is InChI=1S/C27H46F2N4O8/c1-12-15(6)19(23(37)40-11)31-22(36)17(13(2)3)32-24(38)27(28,29)20(34)16(7)30-21(35)18(14(4)5)33-25(39)41-26(8,9)10/h13-19H,12H2,1-11H3,(H,30,35)(H,31,36)(H,32,38)(H,33,39)/t15-,16-,17-,18-,19-/m0/s1. The van der Waals surface area contributed by atoms with Gasteiger partial charge in [0.1, 0.15) is 23.7 Å². The molecule has 236 valence electrons. The van der Waals surface area contributed by atoms with Gasteiger partial charge in [0.2, 0.25) is 17.6 Å². The monoisotopic (exact) mass is 592 g/mol. The van der Waals surface area contributed by atoms with Crippen LogP contribution in [0, 0.1) is 17.8 Å². The van der Waals surface area contributed by atoms with Crippen LogP contribution in [0.1, 0.15) is 75.7 Å². The smallest absolute Gasteiger partial charge is 0.408 e. The molecular formula is C27H46F2N4O8. The number of halogens is 2. The van der Waals surface area contributed by atoms with E-state index in [4.69, 9.17) is 9.47 Å². The van der Waals surface area contributed by atoms with Crippen LogP contribution in [0.15, 0.2) is 0 Å². The quantitative estimate of drug-likeness (QED) is 0.176. The summed E-state index contributed by atoms with van der Waals surface area (Å²) >= 11 is 0. The van der Waals surface area contributed by atoms with E-state index in [0.29, 0.717) is 6.42 Å². The number of methoxy groups -OCH3 is 1. The molecule has 5 atom stereocenters. The summed E-state index contributed by atoms with van der Waals surface area (Å²) in [6.45, 7) is 15.4. The van der Waals surface area contributed by atoms with Crippen molar-refractivity contribution in [1.82, 2.24) is 21.3 Å². The Bertz CT molecular complexity index is 965. The first-order valence-corrected chi connectivity index (χ1v) is 13.5. The molecule has 0 aromatic rings. The third-order valence-corrected chi connectivity index (χ3v) is 6.17. The zero-order valence-corrected chi connectivity index (χ0v) is 25.8. The minimum absolute atomic E-state index is 0.359. The molecule has 0 saturated heterocycles. The Balaban J connectivity index is 5.65. The predicted octanol–water partition coefficient (Wildman–Crippen LogP) is 2.09. The number of amides is 4. The maximum absolute atomic E-state index is 15.0. The fourth-order valence-electron chi connectivity index (χ4n) is 3.53. The van der Waals surface area contributed by atoms with E-state index in [2.05, 4.69) is 16.0 Å². The number of hydrogen-bond donors (Lipinski definition) is 4. The average molecular weight is 593 g/mol. The van der Waals surface area contributed by atoms with Crippen molar-refractivity contribution in [1.29, 1.82) is 0 Å². The number of nitrogens with one attached hydrogen (secondary N) is 4. The minimum atomic E-state index is -4.63. The van der Waals surface area contributed by atoms with Crippen molar-refractivity contribution in [3.63, 3.8) is 0 Å². The number of carbonyl (C=O) groups excluding carboxylic acids is 6. The lowest BCUT2D eigenvalue weighted by atomic mass is 9.97. The number of ether oxygens (including phenoxy) is 2. The second-order valence-corrected chi connectivity index (χ2v) is 11.6. The topological polar surface area (TPSA) is 169 Å². The van der Waals surface area contributed by atoms with Crippen LogP contribution < -0.4 is 21.3 Å². The van der Waals surface area contributed by atoms with Crippen molar-refractivity contribution in [2.24, 2.45) is 17.8 Å². The maximum Gasteiger partial charge on any atom is 0.408 e. The third kappa shape index (κ3) is 11.6. The van der Waals surface area contributed by atoms with E-state index in [0.717, 1.165) is 14.0 Å². The summed E-state index contributed by atoms with van der Waals surface area (Å²) in [6.07, 6.45) is -0.435. The van der Waals surface area contributed by atoms with E-state index in [1.807, 2.05) is 5.32 Å². The molecule has 0 aliphatic rings. The molecule has 0 aromatic carbocycles. The van der Waals surface area contributed by atoms with Gasteiger partial charge in [0.25, 0.3) is 5.91 Å². The summed E-state index contributed by atoms with van der Waals surface area (Å²) in [5.41, 5.74) is -0.861. The van der Waals surface area contributed by atoms with Gasteiger partial charge >= 0.3 is 18.0 Å². The van der Waals surface area contributed by atoms with E-state index in [9.17, 15) is 37.5 Å². The molecule has 0 rings (SSSR count). The largest absolute Gasteiger partial charge is 0.467 e. The average Bonchev–Trinajstić information content (AvgIpc) is 2.85. The normalized spacial score (nSPS) is 15.6. The Hall–Kier alpha value is -3.32. The van der Waals surface area contributed by atoms with Crippen LogP contribution in [0.2, 0.25) is 0 Å². The van der Waals surface area contributed by atoms with Gasteiger partial charge in [0.15, 0.2) is 0 Å². The molecule has 0 fully saturated rings. The van der Waals surface area contributed by atoms with Gasteiger partial charge in [-0.2, -0.15) is 8.78 Å². The first-order valence-electron chi connectivity index (χ1n) is 13.5. The molecule has 41 heavy (non-hydrogen) atoms. The molecule has 0 aliphatic carbocycles. The van der Waals surface area contributed by atoms with Crippen molar-refractivity contribution in [3.05, 3.63) is 0 Å². The van der Waals surface area contributed by atoms with Crippen molar-refractivity contribution >= 4 is 35.6 Å². The second kappa shape index (κ2) is 15.6. The van der Waals surface area contributed by atoms with E-state index < -0.39 is 83.1 Å². The first-order chi connectivity index (χ1) is 18.6. The molecule has 0 aromatic heterocycles. The highest BCUT2D eigenvalue weighted by molar-refractivity contribution is 6.11. The lowest BCUT2D eigenvalue weighted by molar-refractivity contribution is -0.161. The number of esters is 1. The Morgan fingerprint density at radius 3 is 1.61 bits per heavy atom. The van der Waals surface area contributed by atoms with E-state index in [1.165, 1.54) is 13.8 Å². The van der Waals surface area contributed by atoms with Gasteiger partial charge < -0.3 is 30.7 Å². The molecule has 0 unspecified atom stereocenters. The minimum Gasteiger partial charge on any atom is -0.467 e. The molecule has 4 amide bonds. The van der Waals surface area contributed by atoms with Gasteiger partial charge in [-0.1, -0.05) is 48.0 Å². The fourth-order valence-corrected chi connectivity index (χ4v) is 3.53. The zero-order chi connectivity index (χ0) is 32.5. The number of Topliss-reactive ketones (excluding diaryl/α,β-unsaturated/α-hetero) is 1. The van der Waals surface area contributed by atoms with E-state index in [-0.39, 0.29) is 5.92 Å². The van der Waals surface area contributed by atoms with Gasteiger partial charge in [-0.15, -0.1) is 0 Å². The van der Waals surface area contributed by atoms with Crippen LogP contribution in [0.25, 0.3) is 0 Å². The summed E-state index contributed by atoms with van der Waals surface area (Å²) in [4.78, 5) is 75.1. The van der Waals surface area contributed by atoms with Crippen LogP contribution >= 0.6 is 0 Å². The predicted molar refractivity (Wildman–Crippen MR) is 146 cm³/mol. The Labute approximate surface area is 240 Å². The lowest BCUT2D eigenvalue weighted by Crippen LogP contribution is -2.61. The number of ketones is 1. The molecule has 14 heteroatoms. The summed E-state index contributed by atoms with van der Waals surface area (Å²) in [7, 11) is 1.13. The summed E-state index contributed by atoms with van der Waals surface area (Å²) in [6, 6.07) is -5.68. The number of alkyl halides is 2. The second-order valence-electron chi connectivity index (χ2n) is 11.6.